The smallest absolute Gasteiger partial charge is 0.305 e. The number of nitrogens with two attached hydrogens (primary N) is 1. The first kappa shape index (κ1) is 12.9. The minimum absolute atomic E-state index is 0.141. The molecule has 1 aliphatic rings. The Morgan fingerprint density at radius 2 is 2.11 bits per heavy atom. The van der Waals surface area contributed by atoms with E-state index in [4.69, 9.17) is 10.8 Å². The number of hydrogen-bond donors (Lipinski definition) is 3. The lowest BCUT2D eigenvalue weighted by Gasteiger charge is -2.23. The fourth-order valence-corrected chi connectivity index (χ4v) is 2.87. The average Bonchev–Trinajstić information content (AvgIpc) is 2.27. The third-order valence-corrected chi connectivity index (χ3v) is 3.72. The maximum atomic E-state index is 10.7. The molecule has 1 aromatic rings. The van der Waals surface area contributed by atoms with Gasteiger partial charge in [-0.05, 0) is 55.4 Å². The van der Waals surface area contributed by atoms with Gasteiger partial charge in [0.15, 0.2) is 0 Å². The molecule has 2 rings (SSSR count). The molecular weight excluding hydrogens is 230 g/mol. The molecule has 0 spiro atoms. The second-order valence-corrected chi connectivity index (χ2v) is 4.98. The summed E-state index contributed by atoms with van der Waals surface area (Å²) >= 11 is 0. The zero-order valence-electron chi connectivity index (χ0n) is 10.6. The molecule has 1 aromatic carbocycles. The Kier molecular flexibility index (Phi) is 3.57. The lowest BCUT2D eigenvalue weighted by molar-refractivity contribution is -0.137. The van der Waals surface area contributed by atoms with Gasteiger partial charge in [-0.25, -0.2) is 0 Å². The van der Waals surface area contributed by atoms with Gasteiger partial charge in [0, 0.05) is 11.6 Å². The fourth-order valence-electron chi connectivity index (χ4n) is 2.87. The number of phenols is 1. The molecule has 0 amide bonds. The number of fused-ring (bicyclic) bond motifs is 1. The third kappa shape index (κ3) is 2.34. The lowest BCUT2D eigenvalue weighted by atomic mass is 9.84. The molecule has 0 radical (unpaired) electrons. The normalized spacial score (nSPS) is 16.1. The van der Waals surface area contributed by atoms with E-state index in [2.05, 4.69) is 0 Å². The van der Waals surface area contributed by atoms with Crippen molar-refractivity contribution in [3.05, 3.63) is 28.3 Å². The summed E-state index contributed by atoms with van der Waals surface area (Å²) in [6.45, 7) is 1.93. The van der Waals surface area contributed by atoms with E-state index in [9.17, 15) is 9.90 Å². The molecule has 0 heterocycles. The quantitative estimate of drug-likeness (QED) is 0.765. The number of carbonyl (C=O) groups is 1. The molecule has 4 N–H and O–H groups in total. The zero-order chi connectivity index (χ0) is 13.3. The van der Waals surface area contributed by atoms with Crippen LogP contribution in [0.3, 0.4) is 0 Å². The highest BCUT2D eigenvalue weighted by atomic mass is 16.4. The van der Waals surface area contributed by atoms with Gasteiger partial charge in [0.2, 0.25) is 0 Å². The minimum Gasteiger partial charge on any atom is -0.508 e. The van der Waals surface area contributed by atoms with Gasteiger partial charge < -0.3 is 15.9 Å². The lowest BCUT2D eigenvalue weighted by Crippen LogP contribution is -2.18. The second kappa shape index (κ2) is 4.98. The molecule has 1 unspecified atom stereocenters. The van der Waals surface area contributed by atoms with Crippen molar-refractivity contribution >= 4 is 5.97 Å². The molecule has 1 atom stereocenters. The standard InChI is InChI=1S/C14H19NO3/c1-8-10-5-3-2-4-9(10)6-12(16)14(8)11(15)7-13(17)18/h6,11,16H,2-5,7,15H2,1H3,(H,17,18). The van der Waals surface area contributed by atoms with E-state index < -0.39 is 12.0 Å². The Labute approximate surface area is 106 Å². The van der Waals surface area contributed by atoms with Crippen LogP contribution in [0.4, 0.5) is 0 Å². The van der Waals surface area contributed by atoms with E-state index >= 15 is 0 Å². The summed E-state index contributed by atoms with van der Waals surface area (Å²) in [5, 5.41) is 18.9. The second-order valence-electron chi connectivity index (χ2n) is 4.98. The molecule has 1 aliphatic carbocycles. The number of hydrogen-bond acceptors (Lipinski definition) is 3. The molecular formula is C14H19NO3. The minimum atomic E-state index is -0.945. The van der Waals surface area contributed by atoms with E-state index in [1.54, 1.807) is 6.07 Å². The van der Waals surface area contributed by atoms with E-state index in [0.29, 0.717) is 5.56 Å². The van der Waals surface area contributed by atoms with Crippen LogP contribution in [0.15, 0.2) is 6.07 Å². The summed E-state index contributed by atoms with van der Waals surface area (Å²) < 4.78 is 0. The summed E-state index contributed by atoms with van der Waals surface area (Å²) in [5.74, 6) is -0.805. The maximum absolute atomic E-state index is 10.7. The Morgan fingerprint density at radius 3 is 2.78 bits per heavy atom. The summed E-state index contributed by atoms with van der Waals surface area (Å²) in [5.41, 5.74) is 9.88. The largest absolute Gasteiger partial charge is 0.508 e. The van der Waals surface area contributed by atoms with E-state index in [1.165, 1.54) is 11.1 Å². The predicted molar refractivity (Wildman–Crippen MR) is 68.7 cm³/mol. The van der Waals surface area contributed by atoms with E-state index in [-0.39, 0.29) is 12.2 Å². The Bertz CT molecular complexity index is 482. The highest BCUT2D eigenvalue weighted by molar-refractivity contribution is 5.68. The summed E-state index contributed by atoms with van der Waals surface area (Å²) in [6.07, 6.45) is 4.11. The van der Waals surface area contributed by atoms with Crippen LogP contribution in [0.25, 0.3) is 0 Å². The first-order valence-electron chi connectivity index (χ1n) is 6.32. The van der Waals surface area contributed by atoms with Crippen molar-refractivity contribution in [1.82, 2.24) is 0 Å². The van der Waals surface area contributed by atoms with Crippen molar-refractivity contribution in [2.45, 2.75) is 45.1 Å². The number of phenolic OH excluding ortho intramolecular Hbond substituents is 1. The third-order valence-electron chi connectivity index (χ3n) is 3.72. The average molecular weight is 249 g/mol. The van der Waals surface area contributed by atoms with Crippen molar-refractivity contribution in [3.63, 3.8) is 0 Å². The summed E-state index contributed by atoms with van der Waals surface area (Å²) in [7, 11) is 0. The first-order valence-corrected chi connectivity index (χ1v) is 6.32. The number of rotatable bonds is 3. The monoisotopic (exact) mass is 249 g/mol. The summed E-state index contributed by atoms with van der Waals surface area (Å²) in [6, 6.07) is 1.12. The molecule has 4 heteroatoms. The van der Waals surface area contributed by atoms with Gasteiger partial charge in [0.1, 0.15) is 5.75 Å². The molecule has 4 nitrogen and oxygen atoms in total. The molecule has 0 aliphatic heterocycles. The number of aliphatic carboxylic acids is 1. The molecule has 0 saturated carbocycles. The molecule has 0 aromatic heterocycles. The zero-order valence-corrected chi connectivity index (χ0v) is 10.6. The van der Waals surface area contributed by atoms with Crippen LogP contribution in [-0.2, 0) is 17.6 Å². The van der Waals surface area contributed by atoms with Gasteiger partial charge in [0.25, 0.3) is 0 Å². The van der Waals surface area contributed by atoms with Crippen molar-refractivity contribution < 1.29 is 15.0 Å². The van der Waals surface area contributed by atoms with E-state index in [0.717, 1.165) is 31.2 Å². The van der Waals surface area contributed by atoms with Crippen molar-refractivity contribution in [2.24, 2.45) is 5.73 Å². The maximum Gasteiger partial charge on any atom is 0.305 e. The van der Waals surface area contributed by atoms with Crippen LogP contribution in [0, 0.1) is 6.92 Å². The Hall–Kier alpha value is -1.55. The Morgan fingerprint density at radius 1 is 1.44 bits per heavy atom. The molecule has 0 bridgehead atoms. The SMILES string of the molecule is Cc1c2c(cc(O)c1C(N)CC(=O)O)CCCC2. The molecule has 98 valence electrons. The summed E-state index contributed by atoms with van der Waals surface area (Å²) in [4.78, 5) is 10.7. The fraction of sp³-hybridized carbons (Fsp3) is 0.500. The molecule has 0 fully saturated rings. The van der Waals surface area contributed by atoms with Crippen LogP contribution >= 0.6 is 0 Å². The van der Waals surface area contributed by atoms with Crippen LogP contribution in [0.2, 0.25) is 0 Å². The Balaban J connectivity index is 2.44. The number of aryl methyl sites for hydroxylation is 1. The van der Waals surface area contributed by atoms with Crippen LogP contribution in [0.1, 0.15) is 47.6 Å². The van der Waals surface area contributed by atoms with Gasteiger partial charge in [0.05, 0.1) is 6.42 Å². The highest BCUT2D eigenvalue weighted by Crippen LogP contribution is 2.36. The van der Waals surface area contributed by atoms with E-state index in [1.807, 2.05) is 6.92 Å². The predicted octanol–water partition coefficient (Wildman–Crippen LogP) is 2.05. The number of aromatic hydroxyl groups is 1. The van der Waals surface area contributed by atoms with Gasteiger partial charge in [-0.1, -0.05) is 0 Å². The molecule has 18 heavy (non-hydrogen) atoms. The topological polar surface area (TPSA) is 83.5 Å². The number of carboxylic acid groups (broad SMARTS) is 1. The van der Waals surface area contributed by atoms with Crippen molar-refractivity contribution in [3.8, 4) is 5.75 Å². The van der Waals surface area contributed by atoms with Crippen LogP contribution < -0.4 is 5.73 Å². The molecule has 0 saturated heterocycles. The number of carboxylic acids is 1. The van der Waals surface area contributed by atoms with Crippen molar-refractivity contribution in [1.29, 1.82) is 0 Å². The van der Waals surface area contributed by atoms with Gasteiger partial charge in [-0.15, -0.1) is 0 Å². The van der Waals surface area contributed by atoms with Gasteiger partial charge >= 0.3 is 5.97 Å². The van der Waals surface area contributed by atoms with Crippen molar-refractivity contribution in [2.75, 3.05) is 0 Å². The van der Waals surface area contributed by atoms with Gasteiger partial charge in [-0.2, -0.15) is 0 Å². The van der Waals surface area contributed by atoms with Crippen LogP contribution in [-0.4, -0.2) is 16.2 Å². The first-order chi connectivity index (χ1) is 8.50. The number of benzene rings is 1. The highest BCUT2D eigenvalue weighted by Gasteiger charge is 2.22. The van der Waals surface area contributed by atoms with Gasteiger partial charge in [-0.3, -0.25) is 4.79 Å². The van der Waals surface area contributed by atoms with Crippen LogP contribution in [0.5, 0.6) is 5.75 Å².